The molecule has 2 amide bonds. The van der Waals surface area contributed by atoms with Gasteiger partial charge in [0.15, 0.2) is 0 Å². The third-order valence-corrected chi connectivity index (χ3v) is 2.59. The third-order valence-electron chi connectivity index (χ3n) is 2.59. The average molecular weight is 256 g/mol. The van der Waals surface area contributed by atoms with Gasteiger partial charge >= 0.3 is 0 Å². The lowest BCUT2D eigenvalue weighted by atomic mass is 10.1. The number of aromatic hydroxyl groups is 1. The minimum Gasteiger partial charge on any atom is -0.507 e. The summed E-state index contributed by atoms with van der Waals surface area (Å²) in [5, 5.41) is 12.1. The highest BCUT2D eigenvalue weighted by atomic mass is 16.3. The molecule has 0 aliphatic carbocycles. The van der Waals surface area contributed by atoms with E-state index in [-0.39, 0.29) is 16.9 Å². The Morgan fingerprint density at radius 2 is 1.53 bits per heavy atom. The van der Waals surface area contributed by atoms with Gasteiger partial charge in [0.2, 0.25) is 0 Å². The molecule has 0 atom stereocenters. The van der Waals surface area contributed by atoms with Crippen molar-refractivity contribution in [3.63, 3.8) is 0 Å². The first-order chi connectivity index (χ1) is 9.09. The Bertz CT molecular complexity index is 638. The number of para-hydroxylation sites is 2. The van der Waals surface area contributed by atoms with Crippen molar-refractivity contribution >= 4 is 17.5 Å². The number of benzene rings is 2. The van der Waals surface area contributed by atoms with Crippen LogP contribution in [-0.2, 0) is 0 Å². The fourth-order valence-corrected chi connectivity index (χ4v) is 1.66. The van der Waals surface area contributed by atoms with Gasteiger partial charge in [-0.25, -0.2) is 0 Å². The van der Waals surface area contributed by atoms with Crippen molar-refractivity contribution in [2.24, 2.45) is 5.73 Å². The lowest BCUT2D eigenvalue weighted by Crippen LogP contribution is -2.18. The van der Waals surface area contributed by atoms with Crippen LogP contribution in [0.15, 0.2) is 48.5 Å². The van der Waals surface area contributed by atoms with Crippen molar-refractivity contribution in [3.8, 4) is 5.75 Å². The third kappa shape index (κ3) is 2.71. The van der Waals surface area contributed by atoms with Crippen LogP contribution in [0.4, 0.5) is 5.69 Å². The Balaban J connectivity index is 2.30. The maximum atomic E-state index is 12.0. The molecule has 96 valence electrons. The van der Waals surface area contributed by atoms with Crippen molar-refractivity contribution in [1.82, 2.24) is 0 Å². The summed E-state index contributed by atoms with van der Waals surface area (Å²) in [4.78, 5) is 23.2. The van der Waals surface area contributed by atoms with E-state index in [0.717, 1.165) is 0 Å². The van der Waals surface area contributed by atoms with Crippen molar-refractivity contribution in [2.45, 2.75) is 0 Å². The predicted octanol–water partition coefficient (Wildman–Crippen LogP) is 1.74. The largest absolute Gasteiger partial charge is 0.507 e. The van der Waals surface area contributed by atoms with Gasteiger partial charge in [0.25, 0.3) is 11.8 Å². The molecular weight excluding hydrogens is 244 g/mol. The molecule has 0 aromatic heterocycles. The van der Waals surface area contributed by atoms with Gasteiger partial charge in [0, 0.05) is 0 Å². The number of carbonyl (C=O) groups excluding carboxylic acids is 2. The number of hydrogen-bond acceptors (Lipinski definition) is 3. The molecule has 2 aromatic carbocycles. The highest BCUT2D eigenvalue weighted by molar-refractivity contribution is 6.09. The molecule has 4 N–H and O–H groups in total. The maximum absolute atomic E-state index is 12.0. The van der Waals surface area contributed by atoms with Gasteiger partial charge in [-0.2, -0.15) is 0 Å². The molecule has 0 aliphatic rings. The number of amides is 2. The first kappa shape index (κ1) is 12.6. The Hall–Kier alpha value is -2.82. The summed E-state index contributed by atoms with van der Waals surface area (Å²) in [5.74, 6) is -1.27. The molecule has 0 bridgehead atoms. The van der Waals surface area contributed by atoms with Crippen LogP contribution in [0, 0.1) is 0 Å². The number of rotatable bonds is 3. The highest BCUT2D eigenvalue weighted by Crippen LogP contribution is 2.19. The van der Waals surface area contributed by atoms with E-state index in [0.29, 0.717) is 5.69 Å². The number of nitrogens with two attached hydrogens (primary N) is 1. The standard InChI is InChI=1S/C14H12N2O3/c15-13(18)9-5-1-3-7-11(9)16-14(19)10-6-2-4-8-12(10)17/h1-8,17H,(H2,15,18)(H,16,19). The van der Waals surface area contributed by atoms with E-state index in [2.05, 4.69) is 5.32 Å². The zero-order valence-corrected chi connectivity index (χ0v) is 9.96. The van der Waals surface area contributed by atoms with E-state index < -0.39 is 11.8 Å². The molecule has 2 aromatic rings. The quantitative estimate of drug-likeness (QED) is 0.781. The maximum Gasteiger partial charge on any atom is 0.259 e. The molecule has 0 unspecified atom stereocenters. The van der Waals surface area contributed by atoms with Crippen LogP contribution in [0.2, 0.25) is 0 Å². The van der Waals surface area contributed by atoms with Crippen molar-refractivity contribution < 1.29 is 14.7 Å². The van der Waals surface area contributed by atoms with Gasteiger partial charge in [-0.1, -0.05) is 24.3 Å². The van der Waals surface area contributed by atoms with E-state index in [1.165, 1.54) is 18.2 Å². The summed E-state index contributed by atoms with van der Waals surface area (Å²) in [6.45, 7) is 0. The fraction of sp³-hybridized carbons (Fsp3) is 0. The van der Waals surface area contributed by atoms with Crippen LogP contribution in [0.3, 0.4) is 0 Å². The monoisotopic (exact) mass is 256 g/mol. The van der Waals surface area contributed by atoms with Crippen LogP contribution in [0.5, 0.6) is 5.75 Å². The SMILES string of the molecule is NC(=O)c1ccccc1NC(=O)c1ccccc1O. The second kappa shape index (κ2) is 5.22. The van der Waals surface area contributed by atoms with Crippen LogP contribution < -0.4 is 11.1 Å². The molecule has 0 fully saturated rings. The van der Waals surface area contributed by atoms with Crippen molar-refractivity contribution in [3.05, 3.63) is 59.7 Å². The van der Waals surface area contributed by atoms with Crippen LogP contribution in [0.1, 0.15) is 20.7 Å². The second-order valence-corrected chi connectivity index (χ2v) is 3.88. The molecule has 19 heavy (non-hydrogen) atoms. The minimum atomic E-state index is -0.631. The molecule has 0 saturated carbocycles. The zero-order valence-electron chi connectivity index (χ0n) is 9.96. The molecule has 5 heteroatoms. The smallest absolute Gasteiger partial charge is 0.259 e. The number of primary amides is 1. The number of nitrogens with one attached hydrogen (secondary N) is 1. The summed E-state index contributed by atoms with van der Waals surface area (Å²) in [7, 11) is 0. The number of phenolic OH excluding ortho intramolecular Hbond substituents is 1. The number of carbonyl (C=O) groups is 2. The van der Waals surface area contributed by atoms with Crippen molar-refractivity contribution in [2.75, 3.05) is 5.32 Å². The summed E-state index contributed by atoms with van der Waals surface area (Å²) < 4.78 is 0. The summed E-state index contributed by atoms with van der Waals surface area (Å²) in [6, 6.07) is 12.5. The lowest BCUT2D eigenvalue weighted by molar-refractivity contribution is 0.100. The molecule has 0 saturated heterocycles. The normalized spacial score (nSPS) is 9.89. The van der Waals surface area contributed by atoms with Crippen LogP contribution in [-0.4, -0.2) is 16.9 Å². The Kier molecular flexibility index (Phi) is 3.47. The Morgan fingerprint density at radius 1 is 0.947 bits per heavy atom. The van der Waals surface area contributed by atoms with Gasteiger partial charge in [-0.3, -0.25) is 9.59 Å². The van der Waals surface area contributed by atoms with E-state index in [4.69, 9.17) is 5.73 Å². The number of anilines is 1. The van der Waals surface area contributed by atoms with E-state index in [9.17, 15) is 14.7 Å². The number of phenols is 1. The van der Waals surface area contributed by atoms with Crippen molar-refractivity contribution in [1.29, 1.82) is 0 Å². The summed E-state index contributed by atoms with van der Waals surface area (Å²) >= 11 is 0. The topological polar surface area (TPSA) is 92.4 Å². The highest BCUT2D eigenvalue weighted by Gasteiger charge is 2.13. The fourth-order valence-electron chi connectivity index (χ4n) is 1.66. The first-order valence-corrected chi connectivity index (χ1v) is 5.58. The van der Waals surface area contributed by atoms with E-state index in [1.54, 1.807) is 30.3 Å². The first-order valence-electron chi connectivity index (χ1n) is 5.58. The molecule has 0 aliphatic heterocycles. The van der Waals surface area contributed by atoms with Gasteiger partial charge < -0.3 is 16.2 Å². The zero-order chi connectivity index (χ0) is 13.8. The van der Waals surface area contributed by atoms with Gasteiger partial charge in [-0.05, 0) is 24.3 Å². The molecule has 0 spiro atoms. The minimum absolute atomic E-state index is 0.127. The van der Waals surface area contributed by atoms with Crippen LogP contribution >= 0.6 is 0 Å². The second-order valence-electron chi connectivity index (χ2n) is 3.88. The van der Waals surface area contributed by atoms with Gasteiger partial charge in [0.1, 0.15) is 5.75 Å². The predicted molar refractivity (Wildman–Crippen MR) is 71.0 cm³/mol. The Labute approximate surface area is 109 Å². The van der Waals surface area contributed by atoms with Crippen LogP contribution in [0.25, 0.3) is 0 Å². The molecular formula is C14H12N2O3. The van der Waals surface area contributed by atoms with Gasteiger partial charge in [0.05, 0.1) is 16.8 Å². The Morgan fingerprint density at radius 3 is 2.16 bits per heavy atom. The molecule has 2 rings (SSSR count). The lowest BCUT2D eigenvalue weighted by Gasteiger charge is -2.09. The van der Waals surface area contributed by atoms with Gasteiger partial charge in [-0.15, -0.1) is 0 Å². The molecule has 5 nitrogen and oxygen atoms in total. The summed E-state index contributed by atoms with van der Waals surface area (Å²) in [5.41, 5.74) is 5.87. The van der Waals surface area contributed by atoms with E-state index >= 15 is 0 Å². The summed E-state index contributed by atoms with van der Waals surface area (Å²) in [6.07, 6.45) is 0. The molecule has 0 radical (unpaired) electrons. The molecule has 0 heterocycles. The van der Waals surface area contributed by atoms with E-state index in [1.807, 2.05) is 0 Å². The average Bonchev–Trinajstić information content (AvgIpc) is 2.39. The number of hydrogen-bond donors (Lipinski definition) is 3.